The smallest absolute Gasteiger partial charge is 0.237 e. The van der Waals surface area contributed by atoms with E-state index in [2.05, 4.69) is 17.6 Å². The van der Waals surface area contributed by atoms with Gasteiger partial charge in [0, 0.05) is 19.2 Å². The van der Waals surface area contributed by atoms with Crippen molar-refractivity contribution in [1.82, 2.24) is 10.6 Å². The Bertz CT molecular complexity index is 331. The molecule has 0 bridgehead atoms. The fourth-order valence-corrected chi connectivity index (χ4v) is 3.89. The van der Waals surface area contributed by atoms with Gasteiger partial charge in [-0.25, -0.2) is 0 Å². The van der Waals surface area contributed by atoms with Gasteiger partial charge in [-0.2, -0.15) is 0 Å². The van der Waals surface area contributed by atoms with Gasteiger partial charge in [0.25, 0.3) is 0 Å². The summed E-state index contributed by atoms with van der Waals surface area (Å²) < 4.78 is 5.71. The summed E-state index contributed by atoms with van der Waals surface area (Å²) in [6.45, 7) is 3.58. The zero-order chi connectivity index (χ0) is 13.3. The predicted octanol–water partition coefficient (Wildman–Crippen LogP) is 2.01. The van der Waals surface area contributed by atoms with Crippen LogP contribution in [0.2, 0.25) is 0 Å². The third kappa shape index (κ3) is 3.46. The van der Waals surface area contributed by atoms with Crippen molar-refractivity contribution in [2.45, 2.75) is 69.6 Å². The Kier molecular flexibility index (Phi) is 5.32. The lowest BCUT2D eigenvalue weighted by atomic mass is 9.85. The van der Waals surface area contributed by atoms with Gasteiger partial charge in [-0.3, -0.25) is 4.79 Å². The normalized spacial score (nSPS) is 40.0. The summed E-state index contributed by atoms with van der Waals surface area (Å²) in [5, 5.41) is 6.62. The molecule has 20 heavy (non-hydrogen) atoms. The monoisotopic (exact) mass is 302 g/mol. The zero-order valence-corrected chi connectivity index (χ0v) is 13.1. The molecule has 0 aromatic heterocycles. The largest absolute Gasteiger partial charge is 0.373 e. The molecule has 0 radical (unpaired) electrons. The SMILES string of the molecule is CC1(CNC(=O)C2CC3CCCCC3N2)CCCO1.Cl. The molecule has 0 aromatic rings. The van der Waals surface area contributed by atoms with Crippen molar-refractivity contribution in [1.29, 1.82) is 0 Å². The van der Waals surface area contributed by atoms with Crippen LogP contribution in [0, 0.1) is 5.92 Å². The standard InChI is InChI=1S/C15H26N2O2.ClH/c1-15(7-4-8-19-15)10-16-14(18)13-9-11-5-2-3-6-12(11)17-13;/h11-13,17H,2-10H2,1H3,(H,16,18);1H. The van der Waals surface area contributed by atoms with E-state index < -0.39 is 0 Å². The van der Waals surface area contributed by atoms with Crippen LogP contribution in [0.3, 0.4) is 0 Å². The molecule has 5 heteroatoms. The van der Waals surface area contributed by atoms with Gasteiger partial charge in [-0.05, 0) is 44.9 Å². The van der Waals surface area contributed by atoms with Crippen molar-refractivity contribution in [2.24, 2.45) is 5.92 Å². The van der Waals surface area contributed by atoms with E-state index in [9.17, 15) is 4.79 Å². The van der Waals surface area contributed by atoms with E-state index in [4.69, 9.17) is 4.74 Å². The second-order valence-electron chi connectivity index (χ2n) is 6.73. The first-order valence-electron chi connectivity index (χ1n) is 7.84. The predicted molar refractivity (Wildman–Crippen MR) is 81.1 cm³/mol. The van der Waals surface area contributed by atoms with Gasteiger partial charge in [-0.1, -0.05) is 12.8 Å². The first kappa shape index (κ1) is 16.1. The van der Waals surface area contributed by atoms with Crippen LogP contribution in [0.5, 0.6) is 0 Å². The fraction of sp³-hybridized carbons (Fsp3) is 0.933. The van der Waals surface area contributed by atoms with E-state index in [0.717, 1.165) is 31.8 Å². The molecule has 2 heterocycles. The van der Waals surface area contributed by atoms with E-state index in [1.807, 2.05) is 0 Å². The van der Waals surface area contributed by atoms with E-state index >= 15 is 0 Å². The number of hydrogen-bond donors (Lipinski definition) is 2. The maximum Gasteiger partial charge on any atom is 0.237 e. The van der Waals surface area contributed by atoms with Gasteiger partial charge in [-0.15, -0.1) is 12.4 Å². The highest BCUT2D eigenvalue weighted by Crippen LogP contribution is 2.33. The maximum absolute atomic E-state index is 12.3. The maximum atomic E-state index is 12.3. The van der Waals surface area contributed by atoms with Crippen LogP contribution in [0.1, 0.15) is 51.9 Å². The zero-order valence-electron chi connectivity index (χ0n) is 12.3. The average Bonchev–Trinajstić information content (AvgIpc) is 3.02. The molecule has 1 amide bonds. The molecule has 4 atom stereocenters. The summed E-state index contributed by atoms with van der Waals surface area (Å²) in [6, 6.07) is 0.612. The minimum Gasteiger partial charge on any atom is -0.373 e. The second kappa shape index (κ2) is 6.63. The summed E-state index contributed by atoms with van der Waals surface area (Å²) >= 11 is 0. The summed E-state index contributed by atoms with van der Waals surface area (Å²) in [7, 11) is 0. The van der Waals surface area contributed by atoms with E-state index in [-0.39, 0.29) is 30.0 Å². The number of nitrogens with one attached hydrogen (secondary N) is 2. The molecule has 1 saturated carbocycles. The molecule has 3 rings (SSSR count). The quantitative estimate of drug-likeness (QED) is 0.838. The summed E-state index contributed by atoms with van der Waals surface area (Å²) in [5.41, 5.74) is -0.138. The van der Waals surface area contributed by atoms with Gasteiger partial charge >= 0.3 is 0 Å². The van der Waals surface area contributed by atoms with Crippen LogP contribution >= 0.6 is 12.4 Å². The number of hydrogen-bond acceptors (Lipinski definition) is 3. The van der Waals surface area contributed by atoms with E-state index in [0.29, 0.717) is 12.6 Å². The van der Waals surface area contributed by atoms with Crippen molar-refractivity contribution in [3.63, 3.8) is 0 Å². The lowest BCUT2D eigenvalue weighted by molar-refractivity contribution is -0.124. The average molecular weight is 303 g/mol. The Balaban J connectivity index is 0.00000147. The van der Waals surface area contributed by atoms with Crippen LogP contribution in [0.4, 0.5) is 0 Å². The Morgan fingerprint density at radius 1 is 1.35 bits per heavy atom. The first-order chi connectivity index (χ1) is 9.16. The summed E-state index contributed by atoms with van der Waals surface area (Å²) in [4.78, 5) is 12.3. The minimum absolute atomic E-state index is 0. The summed E-state index contributed by atoms with van der Waals surface area (Å²) in [5.74, 6) is 0.897. The van der Waals surface area contributed by atoms with Gasteiger partial charge in [0.05, 0.1) is 11.6 Å². The fourth-order valence-electron chi connectivity index (χ4n) is 3.89. The number of amides is 1. The Labute approximate surface area is 127 Å². The third-order valence-corrected chi connectivity index (χ3v) is 5.12. The highest BCUT2D eigenvalue weighted by molar-refractivity contribution is 5.85. The Morgan fingerprint density at radius 3 is 2.85 bits per heavy atom. The minimum atomic E-state index is -0.138. The van der Waals surface area contributed by atoms with Crippen molar-refractivity contribution >= 4 is 18.3 Å². The second-order valence-corrected chi connectivity index (χ2v) is 6.73. The molecule has 1 aliphatic carbocycles. The molecule has 116 valence electrons. The van der Waals surface area contributed by atoms with Crippen molar-refractivity contribution in [3.05, 3.63) is 0 Å². The Morgan fingerprint density at radius 2 is 2.15 bits per heavy atom. The van der Waals surface area contributed by atoms with Gasteiger partial charge in [0.15, 0.2) is 0 Å². The third-order valence-electron chi connectivity index (χ3n) is 5.12. The van der Waals surface area contributed by atoms with Gasteiger partial charge in [0.2, 0.25) is 5.91 Å². The highest BCUT2D eigenvalue weighted by Gasteiger charge is 2.39. The topological polar surface area (TPSA) is 50.4 Å². The molecule has 3 fully saturated rings. The highest BCUT2D eigenvalue weighted by atomic mass is 35.5. The van der Waals surface area contributed by atoms with Gasteiger partial charge in [0.1, 0.15) is 0 Å². The number of halogens is 1. The molecular formula is C15H27ClN2O2. The van der Waals surface area contributed by atoms with Crippen LogP contribution in [-0.4, -0.2) is 36.7 Å². The first-order valence-corrected chi connectivity index (χ1v) is 7.84. The number of rotatable bonds is 3. The lowest BCUT2D eigenvalue weighted by Crippen LogP contribution is -2.47. The molecule has 0 aromatic carbocycles. The van der Waals surface area contributed by atoms with Crippen LogP contribution < -0.4 is 10.6 Å². The number of ether oxygens (including phenoxy) is 1. The molecule has 2 saturated heterocycles. The van der Waals surface area contributed by atoms with E-state index in [1.165, 1.54) is 25.7 Å². The molecule has 4 nitrogen and oxygen atoms in total. The van der Waals surface area contributed by atoms with Crippen molar-refractivity contribution in [3.8, 4) is 0 Å². The van der Waals surface area contributed by atoms with Crippen LogP contribution in [0.15, 0.2) is 0 Å². The molecule has 0 spiro atoms. The molecule has 2 N–H and O–H groups in total. The molecule has 3 aliphatic rings. The van der Waals surface area contributed by atoms with Crippen LogP contribution in [-0.2, 0) is 9.53 Å². The summed E-state index contributed by atoms with van der Waals surface area (Å²) in [6.07, 6.45) is 8.37. The van der Waals surface area contributed by atoms with Crippen molar-refractivity contribution in [2.75, 3.05) is 13.2 Å². The van der Waals surface area contributed by atoms with Crippen LogP contribution in [0.25, 0.3) is 0 Å². The van der Waals surface area contributed by atoms with Crippen molar-refractivity contribution < 1.29 is 9.53 Å². The molecule has 4 unspecified atom stereocenters. The lowest BCUT2D eigenvalue weighted by Gasteiger charge is -2.25. The molecule has 2 aliphatic heterocycles. The number of fused-ring (bicyclic) bond motifs is 1. The molecular weight excluding hydrogens is 276 g/mol. The van der Waals surface area contributed by atoms with E-state index in [1.54, 1.807) is 0 Å². The number of carbonyl (C=O) groups is 1. The number of carbonyl (C=O) groups excluding carboxylic acids is 1. The van der Waals surface area contributed by atoms with Gasteiger partial charge < -0.3 is 15.4 Å². The Hall–Kier alpha value is -0.320.